The molecule has 1 heterocycles. The van der Waals surface area contributed by atoms with Crippen LogP contribution in [0.1, 0.15) is 25.3 Å². The predicted octanol–water partition coefficient (Wildman–Crippen LogP) is 3.48. The smallest absolute Gasteiger partial charge is 0.283 e. The third kappa shape index (κ3) is 3.17. The highest BCUT2D eigenvalue weighted by molar-refractivity contribution is 9.10. The number of piperidine rings is 1. The molecule has 0 amide bonds. The quantitative estimate of drug-likeness (QED) is 0.625. The lowest BCUT2D eigenvalue weighted by atomic mass is 9.82. The molecule has 0 N–H and O–H groups in total. The molecule has 0 spiro atoms. The van der Waals surface area contributed by atoms with Crippen molar-refractivity contribution < 1.29 is 4.92 Å². The summed E-state index contributed by atoms with van der Waals surface area (Å²) in [7, 11) is 0. The molecule has 1 saturated heterocycles. The minimum atomic E-state index is -0.378. The van der Waals surface area contributed by atoms with Crippen LogP contribution >= 0.6 is 15.9 Å². The molecule has 0 aromatic heterocycles. The molecule has 0 unspecified atom stereocenters. The van der Waals surface area contributed by atoms with Crippen LogP contribution in [0.2, 0.25) is 0 Å². The topological polar surface area (TPSA) is 70.2 Å². The number of nitro groups is 1. The van der Waals surface area contributed by atoms with Gasteiger partial charge in [0.05, 0.1) is 20.9 Å². The van der Waals surface area contributed by atoms with Gasteiger partial charge >= 0.3 is 0 Å². The molecular weight excluding hydrogens is 322 g/mol. The summed E-state index contributed by atoms with van der Waals surface area (Å²) in [6.07, 6.45) is 1.69. The van der Waals surface area contributed by atoms with E-state index in [1.165, 1.54) is 6.07 Å². The first-order valence-corrected chi connectivity index (χ1v) is 7.30. The standard InChI is InChI=1S/C14H16BrN3O2/c1-14(10-16)5-7-17(8-6-14)9-11-3-2-4-12(13(11)15)18(19)20/h2-4H,5-9H2,1H3. The summed E-state index contributed by atoms with van der Waals surface area (Å²) < 4.78 is 0.554. The summed E-state index contributed by atoms with van der Waals surface area (Å²) in [5.41, 5.74) is 0.789. The molecule has 1 aromatic carbocycles. The van der Waals surface area contributed by atoms with Crippen LogP contribution in [0, 0.1) is 26.9 Å². The lowest BCUT2D eigenvalue weighted by Gasteiger charge is -2.35. The zero-order valence-corrected chi connectivity index (χ0v) is 12.9. The van der Waals surface area contributed by atoms with Crippen LogP contribution in [-0.4, -0.2) is 22.9 Å². The first kappa shape index (κ1) is 14.9. The van der Waals surface area contributed by atoms with E-state index >= 15 is 0 Å². The Bertz CT molecular complexity index is 560. The number of halogens is 1. The van der Waals surface area contributed by atoms with Gasteiger partial charge in [-0.3, -0.25) is 15.0 Å². The maximum absolute atomic E-state index is 10.9. The van der Waals surface area contributed by atoms with E-state index in [4.69, 9.17) is 5.26 Å². The number of hydrogen-bond acceptors (Lipinski definition) is 4. The fourth-order valence-electron chi connectivity index (χ4n) is 2.39. The fourth-order valence-corrected chi connectivity index (χ4v) is 2.92. The SMILES string of the molecule is CC1(C#N)CCN(Cc2cccc([N+](=O)[O-])c2Br)CC1. The second-order valence-corrected chi connectivity index (χ2v) is 6.25. The number of nitrogens with zero attached hydrogens (tertiary/aromatic N) is 3. The van der Waals surface area contributed by atoms with Crippen LogP contribution in [-0.2, 0) is 6.54 Å². The Morgan fingerprint density at radius 2 is 2.15 bits per heavy atom. The van der Waals surface area contributed by atoms with E-state index < -0.39 is 0 Å². The molecule has 0 atom stereocenters. The van der Waals surface area contributed by atoms with Crippen LogP contribution in [0.25, 0.3) is 0 Å². The average Bonchev–Trinajstić information content (AvgIpc) is 2.43. The zero-order valence-electron chi connectivity index (χ0n) is 11.3. The second-order valence-electron chi connectivity index (χ2n) is 5.46. The van der Waals surface area contributed by atoms with Crippen molar-refractivity contribution in [2.24, 2.45) is 5.41 Å². The van der Waals surface area contributed by atoms with E-state index in [0.29, 0.717) is 11.0 Å². The van der Waals surface area contributed by atoms with Gasteiger partial charge in [-0.2, -0.15) is 5.26 Å². The minimum absolute atomic E-state index is 0.0985. The van der Waals surface area contributed by atoms with Crippen LogP contribution < -0.4 is 0 Å². The van der Waals surface area contributed by atoms with E-state index in [2.05, 4.69) is 26.9 Å². The molecule has 106 valence electrons. The third-order valence-electron chi connectivity index (χ3n) is 3.88. The molecule has 2 rings (SSSR count). The highest BCUT2D eigenvalue weighted by Gasteiger charge is 2.30. The van der Waals surface area contributed by atoms with Crippen molar-refractivity contribution in [2.75, 3.05) is 13.1 Å². The van der Waals surface area contributed by atoms with E-state index in [9.17, 15) is 10.1 Å². The first-order chi connectivity index (χ1) is 9.45. The van der Waals surface area contributed by atoms with Crippen LogP contribution in [0.4, 0.5) is 5.69 Å². The van der Waals surface area contributed by atoms with Gasteiger partial charge in [-0.05, 0) is 54.3 Å². The summed E-state index contributed by atoms with van der Waals surface area (Å²) in [4.78, 5) is 12.8. The maximum Gasteiger partial charge on any atom is 0.283 e. The summed E-state index contributed by atoms with van der Waals surface area (Å²) in [6.45, 7) is 4.36. The minimum Gasteiger partial charge on any atom is -0.299 e. The molecule has 0 bridgehead atoms. The Labute approximate surface area is 126 Å². The van der Waals surface area contributed by atoms with Gasteiger partial charge in [0.25, 0.3) is 5.69 Å². The van der Waals surface area contributed by atoms with Gasteiger partial charge < -0.3 is 0 Å². The Morgan fingerprint density at radius 1 is 1.50 bits per heavy atom. The molecule has 1 aliphatic rings. The van der Waals surface area contributed by atoms with Gasteiger partial charge in [0, 0.05) is 12.6 Å². The molecule has 0 radical (unpaired) electrons. The van der Waals surface area contributed by atoms with Crippen molar-refractivity contribution in [3.8, 4) is 6.07 Å². The average molecular weight is 338 g/mol. The van der Waals surface area contributed by atoms with Crippen LogP contribution in [0.5, 0.6) is 0 Å². The van der Waals surface area contributed by atoms with Gasteiger partial charge in [-0.25, -0.2) is 0 Å². The summed E-state index contributed by atoms with van der Waals surface area (Å²) in [6, 6.07) is 7.48. The molecule has 0 aliphatic carbocycles. The lowest BCUT2D eigenvalue weighted by molar-refractivity contribution is -0.385. The van der Waals surface area contributed by atoms with Crippen LogP contribution in [0.15, 0.2) is 22.7 Å². The third-order valence-corrected chi connectivity index (χ3v) is 4.79. The zero-order chi connectivity index (χ0) is 14.8. The Morgan fingerprint density at radius 3 is 2.70 bits per heavy atom. The van der Waals surface area contributed by atoms with Crippen molar-refractivity contribution >= 4 is 21.6 Å². The Kier molecular flexibility index (Phi) is 4.41. The van der Waals surface area contributed by atoms with Crippen molar-refractivity contribution in [1.29, 1.82) is 5.26 Å². The molecule has 5 nitrogen and oxygen atoms in total. The summed E-state index contributed by atoms with van der Waals surface area (Å²) >= 11 is 3.32. The second kappa shape index (κ2) is 5.90. The monoisotopic (exact) mass is 337 g/mol. The van der Waals surface area contributed by atoms with E-state index in [1.54, 1.807) is 6.07 Å². The molecule has 0 saturated carbocycles. The first-order valence-electron chi connectivity index (χ1n) is 6.50. The maximum atomic E-state index is 10.9. The normalized spacial score (nSPS) is 18.4. The molecule has 1 fully saturated rings. The highest BCUT2D eigenvalue weighted by Crippen LogP contribution is 2.33. The van der Waals surface area contributed by atoms with Crippen molar-refractivity contribution in [2.45, 2.75) is 26.3 Å². The number of rotatable bonds is 3. The van der Waals surface area contributed by atoms with Crippen molar-refractivity contribution in [3.05, 3.63) is 38.3 Å². The largest absolute Gasteiger partial charge is 0.299 e. The number of likely N-dealkylation sites (tertiary alicyclic amines) is 1. The molecule has 1 aliphatic heterocycles. The van der Waals surface area contributed by atoms with Gasteiger partial charge in [0.2, 0.25) is 0 Å². The molecule has 6 heteroatoms. The number of nitriles is 1. The van der Waals surface area contributed by atoms with E-state index in [-0.39, 0.29) is 16.0 Å². The summed E-state index contributed by atoms with van der Waals surface area (Å²) in [5, 5.41) is 20.0. The van der Waals surface area contributed by atoms with Crippen molar-refractivity contribution in [3.63, 3.8) is 0 Å². The number of nitro benzene ring substituents is 1. The highest BCUT2D eigenvalue weighted by atomic mass is 79.9. The fraction of sp³-hybridized carbons (Fsp3) is 0.500. The van der Waals surface area contributed by atoms with Crippen LogP contribution in [0.3, 0.4) is 0 Å². The van der Waals surface area contributed by atoms with Gasteiger partial charge in [0.1, 0.15) is 0 Å². The predicted molar refractivity (Wildman–Crippen MR) is 79.0 cm³/mol. The molecule has 20 heavy (non-hydrogen) atoms. The van der Waals surface area contributed by atoms with Crippen molar-refractivity contribution in [1.82, 2.24) is 4.90 Å². The number of benzene rings is 1. The summed E-state index contributed by atoms with van der Waals surface area (Å²) in [5.74, 6) is 0. The lowest BCUT2D eigenvalue weighted by Crippen LogP contribution is -2.37. The molecular formula is C14H16BrN3O2. The van der Waals surface area contributed by atoms with Gasteiger partial charge in [-0.15, -0.1) is 0 Å². The number of hydrogen-bond donors (Lipinski definition) is 0. The molecule has 1 aromatic rings. The van der Waals surface area contributed by atoms with Gasteiger partial charge in [0.15, 0.2) is 0 Å². The van der Waals surface area contributed by atoms with E-state index in [1.807, 2.05) is 13.0 Å². The van der Waals surface area contributed by atoms with Gasteiger partial charge in [-0.1, -0.05) is 12.1 Å². The Hall–Kier alpha value is -1.45. The van der Waals surface area contributed by atoms with E-state index in [0.717, 1.165) is 31.5 Å². The Balaban J connectivity index is 2.07.